The van der Waals surface area contributed by atoms with Crippen LogP contribution in [0, 0.1) is 17.6 Å². The van der Waals surface area contributed by atoms with E-state index in [1.54, 1.807) is 0 Å². The molecule has 1 unspecified atom stereocenters. The van der Waals surface area contributed by atoms with E-state index < -0.39 is 11.6 Å². The molecule has 0 nitrogen and oxygen atoms in total. The van der Waals surface area contributed by atoms with Gasteiger partial charge in [0.1, 0.15) is 11.6 Å². The van der Waals surface area contributed by atoms with E-state index in [9.17, 15) is 8.78 Å². The van der Waals surface area contributed by atoms with Gasteiger partial charge in [-0.15, -0.1) is 0 Å². The zero-order chi connectivity index (χ0) is 10.8. The van der Waals surface area contributed by atoms with Crippen LogP contribution in [0.4, 0.5) is 8.78 Å². The van der Waals surface area contributed by atoms with Gasteiger partial charge in [0.25, 0.3) is 0 Å². The molecule has 1 saturated carbocycles. The van der Waals surface area contributed by atoms with E-state index in [2.05, 4.69) is 15.9 Å². The number of rotatable bonds is 4. The van der Waals surface area contributed by atoms with Crippen molar-refractivity contribution in [1.82, 2.24) is 0 Å². The second-order valence-electron chi connectivity index (χ2n) is 4.18. The van der Waals surface area contributed by atoms with Crippen LogP contribution in [0.25, 0.3) is 0 Å². The van der Waals surface area contributed by atoms with Gasteiger partial charge < -0.3 is 0 Å². The SMILES string of the molecule is Fc1cccc(F)c1CC(Br)CC1CC1. The van der Waals surface area contributed by atoms with Gasteiger partial charge >= 0.3 is 0 Å². The minimum atomic E-state index is -0.435. The lowest BCUT2D eigenvalue weighted by Crippen LogP contribution is -2.07. The Bertz CT molecular complexity index is 327. The van der Waals surface area contributed by atoms with Crippen LogP contribution >= 0.6 is 15.9 Å². The largest absolute Gasteiger partial charge is 0.207 e. The van der Waals surface area contributed by atoms with Gasteiger partial charge in [-0.05, 0) is 30.9 Å². The average molecular weight is 275 g/mol. The molecular weight excluding hydrogens is 262 g/mol. The summed E-state index contributed by atoms with van der Waals surface area (Å²) in [4.78, 5) is 0.191. The van der Waals surface area contributed by atoms with E-state index in [4.69, 9.17) is 0 Å². The highest BCUT2D eigenvalue weighted by Crippen LogP contribution is 2.36. The molecule has 1 atom stereocenters. The predicted octanol–water partition coefficient (Wildman–Crippen LogP) is 4.07. The molecule has 0 aliphatic heterocycles. The third-order valence-electron chi connectivity index (χ3n) is 2.77. The first-order valence-electron chi connectivity index (χ1n) is 5.23. The Morgan fingerprint density at radius 3 is 2.40 bits per heavy atom. The molecule has 1 aliphatic rings. The van der Waals surface area contributed by atoms with E-state index in [1.807, 2.05) is 0 Å². The molecule has 2 rings (SSSR count). The van der Waals surface area contributed by atoms with Gasteiger partial charge in [-0.25, -0.2) is 8.78 Å². The quantitative estimate of drug-likeness (QED) is 0.726. The molecule has 1 fully saturated rings. The first kappa shape index (κ1) is 11.1. The van der Waals surface area contributed by atoms with Crippen LogP contribution in [-0.4, -0.2) is 4.83 Å². The van der Waals surface area contributed by atoms with Crippen molar-refractivity contribution in [3.63, 3.8) is 0 Å². The Morgan fingerprint density at radius 2 is 1.87 bits per heavy atom. The Morgan fingerprint density at radius 1 is 1.27 bits per heavy atom. The van der Waals surface area contributed by atoms with Gasteiger partial charge in [0.2, 0.25) is 0 Å². The smallest absolute Gasteiger partial charge is 0.129 e. The molecule has 1 aromatic carbocycles. The van der Waals surface area contributed by atoms with E-state index in [0.29, 0.717) is 6.42 Å². The highest BCUT2D eigenvalue weighted by molar-refractivity contribution is 9.09. The van der Waals surface area contributed by atoms with Crippen LogP contribution in [0.5, 0.6) is 0 Å². The number of alkyl halides is 1. The molecule has 0 heterocycles. The Hall–Kier alpha value is -0.440. The van der Waals surface area contributed by atoms with Crippen LogP contribution < -0.4 is 0 Å². The number of hydrogen-bond donors (Lipinski definition) is 0. The lowest BCUT2D eigenvalue weighted by atomic mass is 10.1. The maximum Gasteiger partial charge on any atom is 0.129 e. The zero-order valence-corrected chi connectivity index (χ0v) is 9.94. The molecule has 0 amide bonds. The summed E-state index contributed by atoms with van der Waals surface area (Å²) in [5, 5.41) is 0. The van der Waals surface area contributed by atoms with E-state index in [-0.39, 0.29) is 10.4 Å². The summed E-state index contributed by atoms with van der Waals surface area (Å²) in [5.74, 6) is -0.102. The molecule has 15 heavy (non-hydrogen) atoms. The van der Waals surface area contributed by atoms with Crippen LogP contribution in [-0.2, 0) is 6.42 Å². The van der Waals surface area contributed by atoms with Crippen LogP contribution in [0.2, 0.25) is 0 Å². The van der Waals surface area contributed by atoms with Gasteiger partial charge in [0.05, 0.1) is 0 Å². The zero-order valence-electron chi connectivity index (χ0n) is 8.35. The highest BCUT2D eigenvalue weighted by Gasteiger charge is 2.25. The Balaban J connectivity index is 2.01. The van der Waals surface area contributed by atoms with Gasteiger partial charge in [-0.2, -0.15) is 0 Å². The van der Waals surface area contributed by atoms with Crippen molar-refractivity contribution in [1.29, 1.82) is 0 Å². The lowest BCUT2D eigenvalue weighted by molar-refractivity contribution is 0.546. The summed E-state index contributed by atoms with van der Waals surface area (Å²) in [7, 11) is 0. The van der Waals surface area contributed by atoms with Crippen LogP contribution in [0.3, 0.4) is 0 Å². The summed E-state index contributed by atoms with van der Waals surface area (Å²) >= 11 is 3.49. The Kier molecular flexibility index (Phi) is 3.39. The van der Waals surface area contributed by atoms with E-state index >= 15 is 0 Å². The normalized spacial score (nSPS) is 17.8. The highest BCUT2D eigenvalue weighted by atomic mass is 79.9. The summed E-state index contributed by atoms with van der Waals surface area (Å²) in [6.07, 6.45) is 3.99. The minimum absolute atomic E-state index is 0.191. The first-order chi connectivity index (χ1) is 7.16. The van der Waals surface area contributed by atoms with E-state index in [1.165, 1.54) is 31.0 Å². The van der Waals surface area contributed by atoms with Gasteiger partial charge in [0.15, 0.2) is 0 Å². The molecule has 0 aromatic heterocycles. The summed E-state index contributed by atoms with van der Waals surface area (Å²) in [6, 6.07) is 4.03. The standard InChI is InChI=1S/C12H13BrF2/c13-9(6-8-4-5-8)7-10-11(14)2-1-3-12(10)15/h1-3,8-9H,4-7H2. The fraction of sp³-hybridized carbons (Fsp3) is 0.500. The van der Waals surface area contributed by atoms with Gasteiger partial charge in [-0.3, -0.25) is 0 Å². The maximum atomic E-state index is 13.3. The molecule has 0 bridgehead atoms. The predicted molar refractivity (Wildman–Crippen MR) is 60.1 cm³/mol. The van der Waals surface area contributed by atoms with Crippen LogP contribution in [0.15, 0.2) is 18.2 Å². The second-order valence-corrected chi connectivity index (χ2v) is 5.48. The summed E-state index contributed by atoms with van der Waals surface area (Å²) < 4.78 is 26.6. The molecule has 0 N–H and O–H groups in total. The third kappa shape index (κ3) is 3.00. The van der Waals surface area contributed by atoms with Crippen molar-refractivity contribution in [3.05, 3.63) is 35.4 Å². The molecule has 3 heteroatoms. The van der Waals surface area contributed by atoms with Crippen molar-refractivity contribution in [2.45, 2.75) is 30.5 Å². The fourth-order valence-electron chi connectivity index (χ4n) is 1.75. The molecule has 82 valence electrons. The second kappa shape index (κ2) is 4.60. The van der Waals surface area contributed by atoms with Crippen molar-refractivity contribution < 1.29 is 8.78 Å². The fourth-order valence-corrected chi connectivity index (χ4v) is 2.60. The summed E-state index contributed by atoms with van der Waals surface area (Å²) in [5.41, 5.74) is 0.208. The molecule has 0 spiro atoms. The monoisotopic (exact) mass is 274 g/mol. The molecule has 0 radical (unpaired) electrons. The van der Waals surface area contributed by atoms with Crippen LogP contribution in [0.1, 0.15) is 24.8 Å². The van der Waals surface area contributed by atoms with Gasteiger partial charge in [-0.1, -0.05) is 34.8 Å². The topological polar surface area (TPSA) is 0 Å². The molecule has 1 aliphatic carbocycles. The average Bonchev–Trinajstić information content (AvgIpc) is 2.95. The molecule has 1 aromatic rings. The third-order valence-corrected chi connectivity index (χ3v) is 3.47. The maximum absolute atomic E-state index is 13.3. The lowest BCUT2D eigenvalue weighted by Gasteiger charge is -2.10. The first-order valence-corrected chi connectivity index (χ1v) is 6.15. The number of hydrogen-bond acceptors (Lipinski definition) is 0. The molecular formula is C12H13BrF2. The van der Waals surface area contributed by atoms with Crippen molar-refractivity contribution in [2.24, 2.45) is 5.92 Å². The van der Waals surface area contributed by atoms with Crippen molar-refractivity contribution in [2.75, 3.05) is 0 Å². The Labute approximate surface area is 96.8 Å². The summed E-state index contributed by atoms with van der Waals surface area (Å²) in [6.45, 7) is 0. The van der Waals surface area contributed by atoms with Gasteiger partial charge in [0, 0.05) is 10.4 Å². The number of benzene rings is 1. The molecule has 0 saturated heterocycles. The van der Waals surface area contributed by atoms with Crippen molar-refractivity contribution in [3.8, 4) is 0 Å². The minimum Gasteiger partial charge on any atom is -0.207 e. The number of halogens is 3. The van der Waals surface area contributed by atoms with Crippen molar-refractivity contribution >= 4 is 15.9 Å². The van der Waals surface area contributed by atoms with E-state index in [0.717, 1.165) is 12.3 Å².